The van der Waals surface area contributed by atoms with Gasteiger partial charge in [0.25, 0.3) is 0 Å². The first-order valence-electron chi connectivity index (χ1n) is 6.18. The molecule has 1 aromatic carbocycles. The molecule has 0 radical (unpaired) electrons. The second kappa shape index (κ2) is 9.96. The zero-order valence-corrected chi connectivity index (χ0v) is 15.2. The van der Waals surface area contributed by atoms with Crippen molar-refractivity contribution in [2.75, 3.05) is 20.6 Å². The van der Waals surface area contributed by atoms with Gasteiger partial charge >= 0.3 is 0 Å². The predicted octanol–water partition coefficient (Wildman–Crippen LogP) is 4.68. The van der Waals surface area contributed by atoms with Crippen molar-refractivity contribution in [2.45, 2.75) is 0 Å². The summed E-state index contributed by atoms with van der Waals surface area (Å²) >= 11 is 3.47. The lowest BCUT2D eigenvalue weighted by atomic mass is 9.99. The highest BCUT2D eigenvalue weighted by Gasteiger charge is 2.05. The number of benzene rings is 1. The highest BCUT2D eigenvalue weighted by atomic mass is 79.9. The van der Waals surface area contributed by atoms with Gasteiger partial charge in [-0.25, -0.2) is 0 Å². The Morgan fingerprint density at radius 3 is 2.29 bits per heavy atom. The van der Waals surface area contributed by atoms with E-state index in [1.807, 2.05) is 12.3 Å². The molecule has 0 amide bonds. The number of pyridine rings is 1. The van der Waals surface area contributed by atoms with E-state index in [0.717, 1.165) is 16.6 Å². The molecular formula is C16H19BrCl2N2. The van der Waals surface area contributed by atoms with E-state index >= 15 is 0 Å². The molecule has 0 saturated heterocycles. The molecule has 21 heavy (non-hydrogen) atoms. The van der Waals surface area contributed by atoms with Crippen LogP contribution in [-0.2, 0) is 0 Å². The predicted molar refractivity (Wildman–Crippen MR) is 98.5 cm³/mol. The molecule has 0 unspecified atom stereocenters. The zero-order valence-electron chi connectivity index (χ0n) is 12.0. The Hall–Kier alpha value is -0.870. The summed E-state index contributed by atoms with van der Waals surface area (Å²) in [6, 6.07) is 12.4. The van der Waals surface area contributed by atoms with Gasteiger partial charge in [-0.05, 0) is 43.4 Å². The Morgan fingerprint density at radius 2 is 1.76 bits per heavy atom. The largest absolute Gasteiger partial charge is 0.306 e. The lowest BCUT2D eigenvalue weighted by molar-refractivity contribution is 0.457. The number of likely N-dealkylation sites (N-methyl/N-ethyl adjacent to an activating group) is 1. The van der Waals surface area contributed by atoms with Crippen LogP contribution in [0, 0.1) is 0 Å². The molecule has 0 bridgehead atoms. The normalized spacial score (nSPS) is 10.8. The molecule has 0 atom stereocenters. The summed E-state index contributed by atoms with van der Waals surface area (Å²) in [6.45, 7) is 0.903. The molecule has 0 N–H and O–H groups in total. The average Bonchev–Trinajstić information content (AvgIpc) is 2.42. The maximum Gasteiger partial charge on any atom is 0.0346 e. The molecule has 2 aromatic rings. The number of hydrogen-bond acceptors (Lipinski definition) is 2. The van der Waals surface area contributed by atoms with Crippen LogP contribution in [0.25, 0.3) is 5.57 Å². The first-order valence-corrected chi connectivity index (χ1v) is 6.97. The smallest absolute Gasteiger partial charge is 0.0346 e. The van der Waals surface area contributed by atoms with Crippen LogP contribution in [0.5, 0.6) is 0 Å². The molecule has 1 aromatic heterocycles. The van der Waals surface area contributed by atoms with Crippen molar-refractivity contribution >= 4 is 46.3 Å². The number of rotatable bonds is 4. The van der Waals surface area contributed by atoms with Gasteiger partial charge in [-0.2, -0.15) is 0 Å². The maximum absolute atomic E-state index is 4.21. The number of nitrogens with zero attached hydrogens (tertiary/aromatic N) is 2. The van der Waals surface area contributed by atoms with Gasteiger partial charge in [-0.1, -0.05) is 40.2 Å². The lowest BCUT2D eigenvalue weighted by Crippen LogP contribution is -2.11. The van der Waals surface area contributed by atoms with Gasteiger partial charge in [-0.15, -0.1) is 24.8 Å². The summed E-state index contributed by atoms with van der Waals surface area (Å²) < 4.78 is 1.09. The fourth-order valence-electron chi connectivity index (χ4n) is 1.83. The maximum atomic E-state index is 4.21. The molecule has 0 aliphatic carbocycles. The Kier molecular flexibility index (Phi) is 9.54. The molecule has 5 heteroatoms. The van der Waals surface area contributed by atoms with E-state index in [-0.39, 0.29) is 24.8 Å². The summed E-state index contributed by atoms with van der Waals surface area (Å²) in [6.07, 6.45) is 5.94. The van der Waals surface area contributed by atoms with Crippen molar-refractivity contribution in [3.63, 3.8) is 0 Å². The van der Waals surface area contributed by atoms with Gasteiger partial charge in [0.2, 0.25) is 0 Å². The molecule has 0 fully saturated rings. The van der Waals surface area contributed by atoms with Crippen LogP contribution in [0.15, 0.2) is 59.3 Å². The lowest BCUT2D eigenvalue weighted by Gasteiger charge is -2.11. The van der Waals surface area contributed by atoms with Crippen LogP contribution < -0.4 is 0 Å². The summed E-state index contributed by atoms with van der Waals surface area (Å²) in [5.41, 5.74) is 3.57. The minimum absolute atomic E-state index is 0. The van der Waals surface area contributed by atoms with Crippen LogP contribution >= 0.6 is 40.7 Å². The van der Waals surface area contributed by atoms with E-state index in [4.69, 9.17) is 0 Å². The molecule has 2 rings (SSSR count). The monoisotopic (exact) mass is 388 g/mol. The summed E-state index contributed by atoms with van der Waals surface area (Å²) in [4.78, 5) is 6.36. The highest BCUT2D eigenvalue weighted by molar-refractivity contribution is 9.10. The molecule has 114 valence electrons. The molecule has 0 spiro atoms. The van der Waals surface area contributed by atoms with E-state index in [1.54, 1.807) is 6.20 Å². The Bertz CT molecular complexity index is 554. The quantitative estimate of drug-likeness (QED) is 0.754. The number of aromatic nitrogens is 1. The van der Waals surface area contributed by atoms with Gasteiger partial charge < -0.3 is 4.90 Å². The SMILES string of the molecule is CN(C)C/C=C(\c1ccc(Br)cc1)c1cccnc1.Cl.Cl. The van der Waals surface area contributed by atoms with Crippen LogP contribution in [-0.4, -0.2) is 30.5 Å². The van der Waals surface area contributed by atoms with Crippen molar-refractivity contribution < 1.29 is 0 Å². The van der Waals surface area contributed by atoms with E-state index in [1.165, 1.54) is 11.1 Å². The first kappa shape index (κ1) is 20.1. The van der Waals surface area contributed by atoms with Gasteiger partial charge in [0, 0.05) is 29.0 Å². The molecule has 0 aliphatic heterocycles. The molecule has 0 aliphatic rings. The third-order valence-electron chi connectivity index (χ3n) is 2.79. The van der Waals surface area contributed by atoms with Crippen molar-refractivity contribution in [3.05, 3.63) is 70.5 Å². The van der Waals surface area contributed by atoms with E-state index in [9.17, 15) is 0 Å². The van der Waals surface area contributed by atoms with E-state index in [0.29, 0.717) is 0 Å². The zero-order chi connectivity index (χ0) is 13.7. The van der Waals surface area contributed by atoms with Crippen LogP contribution in [0.1, 0.15) is 11.1 Å². The minimum atomic E-state index is 0. The topological polar surface area (TPSA) is 16.1 Å². The standard InChI is InChI=1S/C16H17BrN2.2ClH/c1-19(2)11-9-16(14-4-3-10-18-12-14)13-5-7-15(17)8-6-13;;/h3-10,12H,11H2,1-2H3;2*1H/b16-9+;;. The Balaban J connectivity index is 0.00000200. The second-order valence-corrected chi connectivity index (χ2v) is 5.54. The van der Waals surface area contributed by atoms with Crippen molar-refractivity contribution in [1.82, 2.24) is 9.88 Å². The molecule has 2 nitrogen and oxygen atoms in total. The molecule has 0 saturated carbocycles. The van der Waals surface area contributed by atoms with Gasteiger partial charge in [0.15, 0.2) is 0 Å². The Labute approximate surface area is 147 Å². The van der Waals surface area contributed by atoms with E-state index in [2.05, 4.69) is 76.3 Å². The first-order chi connectivity index (χ1) is 9.16. The van der Waals surface area contributed by atoms with Crippen LogP contribution in [0.2, 0.25) is 0 Å². The summed E-state index contributed by atoms with van der Waals surface area (Å²) in [5, 5.41) is 0. The highest BCUT2D eigenvalue weighted by Crippen LogP contribution is 2.24. The van der Waals surface area contributed by atoms with Crippen molar-refractivity contribution in [3.8, 4) is 0 Å². The van der Waals surface area contributed by atoms with E-state index < -0.39 is 0 Å². The van der Waals surface area contributed by atoms with Crippen molar-refractivity contribution in [1.29, 1.82) is 0 Å². The van der Waals surface area contributed by atoms with Gasteiger partial charge in [-0.3, -0.25) is 4.98 Å². The summed E-state index contributed by atoms with van der Waals surface area (Å²) in [7, 11) is 4.14. The molecule has 1 heterocycles. The number of hydrogen-bond donors (Lipinski definition) is 0. The third kappa shape index (κ3) is 6.18. The van der Waals surface area contributed by atoms with Crippen LogP contribution in [0.3, 0.4) is 0 Å². The minimum Gasteiger partial charge on any atom is -0.306 e. The summed E-state index contributed by atoms with van der Waals surface area (Å²) in [5.74, 6) is 0. The fraction of sp³-hybridized carbons (Fsp3) is 0.188. The third-order valence-corrected chi connectivity index (χ3v) is 3.32. The number of halogens is 3. The fourth-order valence-corrected chi connectivity index (χ4v) is 2.09. The average molecular weight is 390 g/mol. The molecular weight excluding hydrogens is 371 g/mol. The van der Waals surface area contributed by atoms with Gasteiger partial charge in [0.1, 0.15) is 0 Å². The van der Waals surface area contributed by atoms with Gasteiger partial charge in [0.05, 0.1) is 0 Å². The second-order valence-electron chi connectivity index (χ2n) is 4.63. The Morgan fingerprint density at radius 1 is 1.10 bits per heavy atom. The van der Waals surface area contributed by atoms with Crippen molar-refractivity contribution in [2.24, 2.45) is 0 Å². The van der Waals surface area contributed by atoms with Crippen LogP contribution in [0.4, 0.5) is 0 Å².